The standard InChI is InChI=1S/C16H18Cl2N2O3/c1-3-4-8-11-13(15(21)23-2)14(20-16(22)19-11)12-9(17)6-5-7-10(12)18/h5-7,14H,3-4,8H2,1-2H3,(H2,19,20,22). The Morgan fingerprint density at radius 1 is 1.30 bits per heavy atom. The van der Waals surface area contributed by atoms with E-state index < -0.39 is 18.0 Å². The van der Waals surface area contributed by atoms with Gasteiger partial charge in [0, 0.05) is 21.3 Å². The highest BCUT2D eigenvalue weighted by Gasteiger charge is 2.35. The Labute approximate surface area is 145 Å². The number of hydrogen-bond donors (Lipinski definition) is 2. The van der Waals surface area contributed by atoms with Crippen LogP contribution in [0.4, 0.5) is 4.79 Å². The number of hydrogen-bond acceptors (Lipinski definition) is 3. The molecule has 1 aromatic carbocycles. The maximum absolute atomic E-state index is 12.3. The fraction of sp³-hybridized carbons (Fsp3) is 0.375. The molecule has 1 heterocycles. The molecule has 2 rings (SSSR count). The van der Waals surface area contributed by atoms with E-state index in [1.165, 1.54) is 7.11 Å². The number of amides is 2. The molecular formula is C16H18Cl2N2O3. The number of carbonyl (C=O) groups excluding carboxylic acids is 2. The number of unbranched alkanes of at least 4 members (excludes halogenated alkanes) is 1. The number of esters is 1. The van der Waals surface area contributed by atoms with E-state index in [1.807, 2.05) is 6.92 Å². The Hall–Kier alpha value is -1.72. The van der Waals surface area contributed by atoms with Crippen molar-refractivity contribution in [1.82, 2.24) is 10.6 Å². The lowest BCUT2D eigenvalue weighted by atomic mass is 9.93. The Balaban J connectivity index is 2.58. The van der Waals surface area contributed by atoms with Gasteiger partial charge in [-0.2, -0.15) is 0 Å². The van der Waals surface area contributed by atoms with Gasteiger partial charge in [-0.3, -0.25) is 0 Å². The minimum Gasteiger partial charge on any atom is -0.466 e. The lowest BCUT2D eigenvalue weighted by Crippen LogP contribution is -2.46. The van der Waals surface area contributed by atoms with Crippen LogP contribution in [0.25, 0.3) is 0 Å². The summed E-state index contributed by atoms with van der Waals surface area (Å²) in [6.45, 7) is 2.03. The molecule has 1 unspecified atom stereocenters. The van der Waals surface area contributed by atoms with E-state index in [1.54, 1.807) is 18.2 Å². The molecule has 2 amide bonds. The number of nitrogens with one attached hydrogen (secondary N) is 2. The Kier molecular flexibility index (Phi) is 5.91. The van der Waals surface area contributed by atoms with Crippen molar-refractivity contribution >= 4 is 35.2 Å². The number of benzene rings is 1. The van der Waals surface area contributed by atoms with E-state index in [9.17, 15) is 9.59 Å². The number of rotatable bonds is 5. The lowest BCUT2D eigenvalue weighted by molar-refractivity contribution is -0.136. The van der Waals surface area contributed by atoms with E-state index in [2.05, 4.69) is 10.6 Å². The van der Waals surface area contributed by atoms with Crippen molar-refractivity contribution in [2.45, 2.75) is 32.2 Å². The summed E-state index contributed by atoms with van der Waals surface area (Å²) >= 11 is 12.5. The van der Waals surface area contributed by atoms with Gasteiger partial charge in [0.25, 0.3) is 0 Å². The van der Waals surface area contributed by atoms with Gasteiger partial charge in [-0.15, -0.1) is 0 Å². The zero-order valence-electron chi connectivity index (χ0n) is 12.9. The van der Waals surface area contributed by atoms with Crippen LogP contribution in [0, 0.1) is 0 Å². The molecule has 5 nitrogen and oxygen atoms in total. The van der Waals surface area contributed by atoms with Gasteiger partial charge >= 0.3 is 12.0 Å². The first-order valence-electron chi connectivity index (χ1n) is 7.32. The molecule has 0 aliphatic carbocycles. The Bertz CT molecular complexity index is 638. The van der Waals surface area contributed by atoms with E-state index in [-0.39, 0.29) is 0 Å². The second-order valence-electron chi connectivity index (χ2n) is 5.15. The van der Waals surface area contributed by atoms with Gasteiger partial charge in [-0.1, -0.05) is 42.6 Å². The first-order valence-corrected chi connectivity index (χ1v) is 8.08. The van der Waals surface area contributed by atoms with Crippen LogP contribution in [0.3, 0.4) is 0 Å². The van der Waals surface area contributed by atoms with Gasteiger partial charge in [0.2, 0.25) is 0 Å². The molecular weight excluding hydrogens is 339 g/mol. The van der Waals surface area contributed by atoms with Crippen LogP contribution < -0.4 is 10.6 Å². The molecule has 0 saturated carbocycles. The third-order valence-corrected chi connectivity index (χ3v) is 4.29. The number of ether oxygens (including phenoxy) is 1. The monoisotopic (exact) mass is 356 g/mol. The molecule has 1 aliphatic rings. The van der Waals surface area contributed by atoms with Crippen molar-refractivity contribution in [2.75, 3.05) is 7.11 Å². The zero-order valence-corrected chi connectivity index (χ0v) is 14.4. The van der Waals surface area contributed by atoms with Crippen molar-refractivity contribution in [2.24, 2.45) is 0 Å². The third kappa shape index (κ3) is 3.79. The van der Waals surface area contributed by atoms with Crippen LogP contribution in [0.2, 0.25) is 10.0 Å². The number of allylic oxidation sites excluding steroid dienone is 1. The van der Waals surface area contributed by atoms with Gasteiger partial charge in [-0.25, -0.2) is 9.59 Å². The summed E-state index contributed by atoms with van der Waals surface area (Å²) in [5.41, 5.74) is 1.36. The fourth-order valence-electron chi connectivity index (χ4n) is 2.52. The van der Waals surface area contributed by atoms with E-state index in [0.717, 1.165) is 12.8 Å². The van der Waals surface area contributed by atoms with Crippen LogP contribution in [0.15, 0.2) is 29.5 Å². The van der Waals surface area contributed by atoms with Gasteiger partial charge in [0.05, 0.1) is 18.7 Å². The number of halogens is 2. The van der Waals surface area contributed by atoms with E-state index >= 15 is 0 Å². The highest BCUT2D eigenvalue weighted by Crippen LogP contribution is 2.37. The maximum atomic E-state index is 12.3. The molecule has 0 aromatic heterocycles. The first kappa shape index (κ1) is 17.6. The number of methoxy groups -OCH3 is 1. The molecule has 0 radical (unpaired) electrons. The first-order chi connectivity index (χ1) is 11.0. The average molecular weight is 357 g/mol. The minimum absolute atomic E-state index is 0.329. The predicted molar refractivity (Wildman–Crippen MR) is 89.4 cm³/mol. The lowest BCUT2D eigenvalue weighted by Gasteiger charge is -2.30. The van der Waals surface area contributed by atoms with Crippen LogP contribution in [0.1, 0.15) is 37.8 Å². The quantitative estimate of drug-likeness (QED) is 0.784. The minimum atomic E-state index is -0.746. The molecule has 23 heavy (non-hydrogen) atoms. The summed E-state index contributed by atoms with van der Waals surface area (Å²) in [4.78, 5) is 24.3. The van der Waals surface area contributed by atoms with Crippen molar-refractivity contribution in [3.8, 4) is 0 Å². The van der Waals surface area contributed by atoms with Gasteiger partial charge in [-0.05, 0) is 25.0 Å². The second-order valence-corrected chi connectivity index (χ2v) is 5.97. The normalized spacial score (nSPS) is 17.6. The largest absolute Gasteiger partial charge is 0.466 e. The molecule has 0 spiro atoms. The average Bonchev–Trinajstić information content (AvgIpc) is 2.51. The van der Waals surface area contributed by atoms with Gasteiger partial charge in [0.1, 0.15) is 0 Å². The highest BCUT2D eigenvalue weighted by atomic mass is 35.5. The Morgan fingerprint density at radius 3 is 2.52 bits per heavy atom. The topological polar surface area (TPSA) is 67.4 Å². The summed E-state index contributed by atoms with van der Waals surface area (Å²) in [6.07, 6.45) is 2.32. The Morgan fingerprint density at radius 2 is 1.96 bits per heavy atom. The van der Waals surface area contributed by atoms with Crippen molar-refractivity contribution in [1.29, 1.82) is 0 Å². The molecule has 0 saturated heterocycles. The summed E-state index contributed by atoms with van der Waals surface area (Å²) in [5, 5.41) is 6.16. The van der Waals surface area contributed by atoms with Crippen molar-refractivity contribution < 1.29 is 14.3 Å². The van der Waals surface area contributed by atoms with Gasteiger partial charge in [0.15, 0.2) is 0 Å². The van der Waals surface area contributed by atoms with Crippen LogP contribution in [0.5, 0.6) is 0 Å². The second kappa shape index (κ2) is 7.70. The molecule has 1 atom stereocenters. The summed E-state index contributed by atoms with van der Waals surface area (Å²) in [7, 11) is 1.30. The molecule has 0 fully saturated rings. The summed E-state index contributed by atoms with van der Waals surface area (Å²) in [5.74, 6) is -0.524. The highest BCUT2D eigenvalue weighted by molar-refractivity contribution is 6.36. The maximum Gasteiger partial charge on any atom is 0.337 e. The number of carbonyl (C=O) groups is 2. The predicted octanol–water partition coefficient (Wildman–Crippen LogP) is 3.96. The molecule has 124 valence electrons. The van der Waals surface area contributed by atoms with Crippen molar-refractivity contribution in [3.63, 3.8) is 0 Å². The molecule has 1 aliphatic heterocycles. The van der Waals surface area contributed by atoms with Crippen LogP contribution in [-0.2, 0) is 9.53 Å². The van der Waals surface area contributed by atoms with E-state index in [0.29, 0.717) is 33.3 Å². The molecule has 1 aromatic rings. The van der Waals surface area contributed by atoms with Crippen molar-refractivity contribution in [3.05, 3.63) is 45.1 Å². The smallest absolute Gasteiger partial charge is 0.337 e. The molecule has 0 bridgehead atoms. The van der Waals surface area contributed by atoms with Gasteiger partial charge < -0.3 is 15.4 Å². The van der Waals surface area contributed by atoms with Crippen LogP contribution >= 0.6 is 23.2 Å². The molecule has 2 N–H and O–H groups in total. The molecule has 7 heteroatoms. The summed E-state index contributed by atoms with van der Waals surface area (Å²) < 4.78 is 4.89. The third-order valence-electron chi connectivity index (χ3n) is 3.63. The number of urea groups is 1. The van der Waals surface area contributed by atoms with Crippen LogP contribution in [-0.4, -0.2) is 19.1 Å². The van der Waals surface area contributed by atoms with E-state index in [4.69, 9.17) is 27.9 Å². The SMILES string of the molecule is CCCCC1=C(C(=O)OC)C(c2c(Cl)cccc2Cl)NC(=O)N1. The zero-order chi connectivity index (χ0) is 17.0. The fourth-order valence-corrected chi connectivity index (χ4v) is 3.14. The summed E-state index contributed by atoms with van der Waals surface area (Å²) in [6, 6.07) is 3.89.